The number of carbonyl (C=O) groups excluding carboxylic acids is 2. The van der Waals surface area contributed by atoms with E-state index in [0.29, 0.717) is 0 Å². The van der Waals surface area contributed by atoms with Gasteiger partial charge in [0.05, 0.1) is 13.2 Å². The molecular weight excluding hydrogens is 327 g/mol. The number of ether oxygens (including phenoxy) is 2. The molecule has 0 heterocycles. The quantitative estimate of drug-likeness (QED) is 0.337. The van der Waals surface area contributed by atoms with Crippen molar-refractivity contribution in [2.24, 2.45) is 0 Å². The second-order valence-electron chi connectivity index (χ2n) is 3.49. The molecule has 0 bridgehead atoms. The molecule has 4 nitrogen and oxygen atoms in total. The maximum absolute atomic E-state index is 10.5. The summed E-state index contributed by atoms with van der Waals surface area (Å²) in [6.07, 6.45) is 8.28. The summed E-state index contributed by atoms with van der Waals surface area (Å²) in [5.74, 6) is -1.32. The van der Waals surface area contributed by atoms with Crippen LogP contribution in [0.5, 0.6) is 0 Å². The Kier molecular flexibility index (Phi) is 20.4. The molecule has 19 heavy (non-hydrogen) atoms. The average molecular weight is 348 g/mol. The van der Waals surface area contributed by atoms with Crippen LogP contribution in [0.25, 0.3) is 0 Å². The molecule has 0 N–H and O–H groups in total. The summed E-state index contributed by atoms with van der Waals surface area (Å²) in [5.41, 5.74) is 0. The molecule has 0 spiro atoms. The number of halogens is 2. The Hall–Kier alpha value is 0.104. The third-order valence-corrected chi connectivity index (χ3v) is 2.06. The van der Waals surface area contributed by atoms with Crippen molar-refractivity contribution in [2.75, 3.05) is 13.2 Å². The fourth-order valence-electron chi connectivity index (χ4n) is 1.35. The van der Waals surface area contributed by atoms with Crippen molar-refractivity contribution >= 4 is 30.5 Å². The molecule has 0 amide bonds. The van der Waals surface area contributed by atoms with Crippen LogP contribution in [-0.2, 0) is 36.1 Å². The van der Waals surface area contributed by atoms with E-state index in [-0.39, 0.29) is 13.2 Å². The first-order valence-electron chi connectivity index (χ1n) is 6.26. The van der Waals surface area contributed by atoms with Crippen molar-refractivity contribution in [1.82, 2.24) is 0 Å². The predicted octanol–water partition coefficient (Wildman–Crippen LogP) is 3.64. The van der Waals surface area contributed by atoms with Gasteiger partial charge in [-0.3, -0.25) is 9.59 Å². The van der Waals surface area contributed by atoms with E-state index in [1.54, 1.807) is 13.8 Å². The van der Waals surface area contributed by atoms with Gasteiger partial charge in [-0.1, -0.05) is 32.1 Å². The van der Waals surface area contributed by atoms with Crippen molar-refractivity contribution in [1.29, 1.82) is 0 Å². The van der Waals surface area contributed by atoms with Crippen LogP contribution in [0.4, 0.5) is 0 Å². The zero-order valence-corrected chi connectivity index (χ0v) is 14.5. The molecule has 0 unspecified atom stereocenters. The van der Waals surface area contributed by atoms with Gasteiger partial charge in [0.2, 0.25) is 0 Å². The van der Waals surface area contributed by atoms with Gasteiger partial charge in [-0.2, -0.15) is 6.42 Å². The molecule has 1 aliphatic carbocycles. The summed E-state index contributed by atoms with van der Waals surface area (Å²) in [7, 11) is 9.78. The molecule has 0 aromatic rings. The first-order valence-corrected chi connectivity index (χ1v) is 10.6. The Bertz CT molecular complexity index is 200. The Morgan fingerprint density at radius 3 is 1.42 bits per heavy atom. The van der Waals surface area contributed by atoms with Crippen molar-refractivity contribution in [3.63, 3.8) is 0 Å². The number of rotatable bonds is 4. The molecule has 0 aromatic carbocycles. The molecular formula is C12H21Cl2O4Ti-. The van der Waals surface area contributed by atoms with Gasteiger partial charge in [0.25, 0.3) is 0 Å². The van der Waals surface area contributed by atoms with Crippen molar-refractivity contribution in [2.45, 2.75) is 46.0 Å². The van der Waals surface area contributed by atoms with Crippen LogP contribution in [0.3, 0.4) is 0 Å². The molecule has 7 heteroatoms. The van der Waals surface area contributed by atoms with Gasteiger partial charge < -0.3 is 9.47 Å². The zero-order chi connectivity index (χ0) is 14.9. The van der Waals surface area contributed by atoms with Gasteiger partial charge in [-0.05, 0) is 13.8 Å². The van der Waals surface area contributed by atoms with Gasteiger partial charge in [0.15, 0.2) is 11.9 Å². The first-order chi connectivity index (χ1) is 9.12. The minimum absolute atomic E-state index is 0.259. The average Bonchev–Trinajstić information content (AvgIpc) is 2.88. The minimum atomic E-state index is -0.661. The van der Waals surface area contributed by atoms with Gasteiger partial charge in [-0.25, -0.2) is 0 Å². The Labute approximate surface area is 132 Å². The number of hydrogen-bond acceptors (Lipinski definition) is 4. The van der Waals surface area contributed by atoms with Gasteiger partial charge in [-0.15, -0.1) is 0 Å². The molecule has 0 atom stereocenters. The Balaban J connectivity index is 0. The van der Waals surface area contributed by atoms with Gasteiger partial charge in [0, 0.05) is 0 Å². The third-order valence-electron chi connectivity index (χ3n) is 2.06. The van der Waals surface area contributed by atoms with Crippen LogP contribution in [0.2, 0.25) is 0 Å². The molecule has 0 aromatic heterocycles. The number of hydrogen-bond donors (Lipinski definition) is 0. The van der Waals surface area contributed by atoms with E-state index >= 15 is 0 Å². The summed E-state index contributed by atoms with van der Waals surface area (Å²) in [4.78, 5) is 21.1. The van der Waals surface area contributed by atoms with Crippen molar-refractivity contribution in [3.05, 3.63) is 6.42 Å². The van der Waals surface area contributed by atoms with E-state index in [1.807, 2.05) is 0 Å². The number of esters is 2. The van der Waals surface area contributed by atoms with Crippen LogP contribution >= 0.6 is 18.6 Å². The Morgan fingerprint density at radius 1 is 0.947 bits per heavy atom. The zero-order valence-electron chi connectivity index (χ0n) is 11.4. The molecule has 1 rings (SSSR count). The van der Waals surface area contributed by atoms with E-state index in [2.05, 4.69) is 9.47 Å². The summed E-state index contributed by atoms with van der Waals surface area (Å²) < 4.78 is 8.93. The molecule has 1 fully saturated rings. The molecule has 1 aliphatic rings. The van der Waals surface area contributed by atoms with Crippen LogP contribution < -0.4 is 0 Å². The summed E-state index contributed by atoms with van der Waals surface area (Å²) >= 11 is -0.556. The van der Waals surface area contributed by atoms with Crippen molar-refractivity contribution in [3.8, 4) is 0 Å². The third kappa shape index (κ3) is 20.6. The standard InChI is InChI=1S/C7H11O4.C5H10.2ClH.Ti/c1-3-10-6(8)5-7(9)11-4-2;1-2-4-5-3-1;;;/h5H,3-4H2,1-2H3;1-5H2;2*1H;/q-1;;;;+2/p-2. The van der Waals surface area contributed by atoms with E-state index in [0.717, 1.165) is 6.42 Å². The second-order valence-corrected chi connectivity index (χ2v) is 6.07. The van der Waals surface area contributed by atoms with E-state index in [1.165, 1.54) is 32.1 Å². The number of carbonyl (C=O) groups is 2. The maximum atomic E-state index is 10.5. The molecule has 0 radical (unpaired) electrons. The summed E-state index contributed by atoms with van der Waals surface area (Å²) in [5, 5.41) is 0. The van der Waals surface area contributed by atoms with E-state index in [4.69, 9.17) is 18.6 Å². The van der Waals surface area contributed by atoms with E-state index in [9.17, 15) is 9.59 Å². The van der Waals surface area contributed by atoms with Crippen LogP contribution in [0.1, 0.15) is 46.0 Å². The first kappa shape index (κ1) is 21.4. The summed E-state index contributed by atoms with van der Waals surface area (Å²) in [6.45, 7) is 3.84. The van der Waals surface area contributed by atoms with Gasteiger partial charge in [0.1, 0.15) is 0 Å². The topological polar surface area (TPSA) is 52.6 Å². The van der Waals surface area contributed by atoms with Crippen molar-refractivity contribution < 1.29 is 36.1 Å². The van der Waals surface area contributed by atoms with E-state index < -0.39 is 29.0 Å². The monoisotopic (exact) mass is 347 g/mol. The fraction of sp³-hybridized carbons (Fsp3) is 0.750. The van der Waals surface area contributed by atoms with Gasteiger partial charge >= 0.3 is 35.6 Å². The predicted molar refractivity (Wildman–Crippen MR) is 72.4 cm³/mol. The molecule has 0 saturated heterocycles. The molecule has 1 saturated carbocycles. The fourth-order valence-corrected chi connectivity index (χ4v) is 1.35. The van der Waals surface area contributed by atoms with Crippen LogP contribution in [0.15, 0.2) is 0 Å². The SMILES string of the molecule is C1CCCC1.CCOC(=O)[CH-]C(=O)OCC.[Cl][Ti][Cl]. The van der Waals surface area contributed by atoms with Crippen LogP contribution in [0, 0.1) is 6.42 Å². The Morgan fingerprint density at radius 2 is 1.21 bits per heavy atom. The molecule has 112 valence electrons. The van der Waals surface area contributed by atoms with Crippen LogP contribution in [-0.4, -0.2) is 25.2 Å². The second kappa shape index (κ2) is 18.1. The molecule has 0 aliphatic heterocycles. The summed E-state index contributed by atoms with van der Waals surface area (Å²) in [6, 6.07) is 0. The normalized spacial score (nSPS) is 12.0.